The number of rotatable bonds is 11. The van der Waals surface area contributed by atoms with Crippen molar-refractivity contribution in [2.24, 2.45) is 0 Å². The lowest BCUT2D eigenvalue weighted by Crippen LogP contribution is -2.17. The van der Waals surface area contributed by atoms with Gasteiger partial charge in [0.2, 0.25) is 0 Å². The average Bonchev–Trinajstić information content (AvgIpc) is 3.67. The Morgan fingerprint density at radius 1 is 0.239 bits per heavy atom. The number of nitrogens with zero attached hydrogens (tertiary/aromatic N) is 2. The molecule has 1 aliphatic rings. The van der Waals surface area contributed by atoms with E-state index < -0.39 is 0 Å². The molecule has 0 saturated carbocycles. The first-order valence-corrected chi connectivity index (χ1v) is 24.6. The molecule has 11 aromatic carbocycles. The van der Waals surface area contributed by atoms with Gasteiger partial charge in [0, 0.05) is 39.4 Å². The second kappa shape index (κ2) is 18.5. The second-order valence-electron chi connectivity index (χ2n) is 18.9. The average molecular weight is 909 g/mol. The van der Waals surface area contributed by atoms with E-state index in [1.54, 1.807) is 0 Å². The third kappa shape index (κ3) is 8.00. The van der Waals surface area contributed by atoms with Crippen molar-refractivity contribution in [2.45, 2.75) is 19.3 Å². The normalized spacial score (nSPS) is 12.2. The molecule has 338 valence electrons. The Kier molecular flexibility index (Phi) is 11.3. The third-order valence-electron chi connectivity index (χ3n) is 14.2. The fourth-order valence-corrected chi connectivity index (χ4v) is 10.9. The number of hydrogen-bond acceptors (Lipinski definition) is 2. The highest BCUT2D eigenvalue weighted by molar-refractivity contribution is 6.01. The van der Waals surface area contributed by atoms with Gasteiger partial charge in [-0.1, -0.05) is 232 Å². The van der Waals surface area contributed by atoms with Crippen LogP contribution in [0, 0.1) is 0 Å². The molecule has 0 atom stereocenters. The van der Waals surface area contributed by atoms with Crippen LogP contribution in [0.4, 0.5) is 34.1 Å². The van der Waals surface area contributed by atoms with Crippen molar-refractivity contribution in [3.05, 3.63) is 290 Å². The van der Waals surface area contributed by atoms with Gasteiger partial charge in [0.1, 0.15) is 0 Å². The van der Waals surface area contributed by atoms with E-state index in [0.717, 1.165) is 61.9 Å². The summed E-state index contributed by atoms with van der Waals surface area (Å²) in [5.41, 5.74) is 23.1. The summed E-state index contributed by atoms with van der Waals surface area (Å²) in [7, 11) is 0. The quantitative estimate of drug-likeness (QED) is 0.128. The van der Waals surface area contributed by atoms with Gasteiger partial charge in [-0.15, -0.1) is 0 Å². The Hall–Kier alpha value is -8.98. The number of benzene rings is 11. The van der Waals surface area contributed by atoms with Crippen molar-refractivity contribution in [3.63, 3.8) is 0 Å². The van der Waals surface area contributed by atoms with Crippen molar-refractivity contribution < 1.29 is 0 Å². The Bertz CT molecular complexity index is 3560. The third-order valence-corrected chi connectivity index (χ3v) is 14.2. The summed E-state index contributed by atoms with van der Waals surface area (Å²) in [6.07, 6.45) is 0. The van der Waals surface area contributed by atoms with E-state index >= 15 is 0 Å². The summed E-state index contributed by atoms with van der Waals surface area (Å²) < 4.78 is 0. The maximum Gasteiger partial charge on any atom is 0.0540 e. The molecule has 0 fully saturated rings. The molecule has 0 bridgehead atoms. The van der Waals surface area contributed by atoms with Crippen LogP contribution in [0.15, 0.2) is 279 Å². The number of para-hydroxylation sites is 3. The lowest BCUT2D eigenvalue weighted by Gasteiger charge is -2.32. The summed E-state index contributed by atoms with van der Waals surface area (Å²) in [4.78, 5) is 4.89. The Morgan fingerprint density at radius 2 is 0.662 bits per heavy atom. The van der Waals surface area contributed by atoms with Gasteiger partial charge >= 0.3 is 0 Å². The molecule has 11 aromatic rings. The van der Waals surface area contributed by atoms with Crippen molar-refractivity contribution >= 4 is 34.1 Å². The van der Waals surface area contributed by atoms with Gasteiger partial charge in [-0.2, -0.15) is 0 Å². The molecular formula is C69H52N2. The van der Waals surface area contributed by atoms with E-state index in [-0.39, 0.29) is 5.41 Å². The zero-order valence-corrected chi connectivity index (χ0v) is 40.0. The van der Waals surface area contributed by atoms with Crippen LogP contribution in [0.1, 0.15) is 25.0 Å². The topological polar surface area (TPSA) is 6.48 Å². The predicted molar refractivity (Wildman–Crippen MR) is 301 cm³/mol. The molecule has 0 saturated heterocycles. The molecule has 12 rings (SSSR count). The molecule has 1 aliphatic carbocycles. The van der Waals surface area contributed by atoms with Crippen LogP contribution >= 0.6 is 0 Å². The number of fused-ring (bicyclic) bond motifs is 3. The van der Waals surface area contributed by atoms with Gasteiger partial charge in [-0.05, 0) is 133 Å². The minimum absolute atomic E-state index is 0.196. The maximum absolute atomic E-state index is 2.50. The Labute approximate surface area is 418 Å². The van der Waals surface area contributed by atoms with E-state index in [4.69, 9.17) is 0 Å². The number of anilines is 6. The maximum atomic E-state index is 2.50. The van der Waals surface area contributed by atoms with Crippen LogP contribution in [-0.2, 0) is 5.41 Å². The molecule has 0 amide bonds. The minimum atomic E-state index is -0.196. The summed E-state index contributed by atoms with van der Waals surface area (Å²) in [5, 5.41) is 0. The molecule has 0 aliphatic heterocycles. The van der Waals surface area contributed by atoms with Gasteiger partial charge in [0.25, 0.3) is 0 Å². The standard InChI is InChI=1S/C69H52N2/c1-69(2)65-41-22-20-37-62(65)63-44-43-55(48-66(63)69)71(67-42-23-21-36-59(67)49-25-8-3-9-26-49)57-46-52(45-56(47-57)70(53-31-14-6-15-32-53)54-33-16-7-17-34-54)58-35-18-19-38-64(58)68-60(50-27-10-4-11-28-50)39-24-40-61(68)51-29-12-5-13-30-51/h3-48H,1-2H3. The van der Waals surface area contributed by atoms with E-state index in [2.05, 4.69) is 303 Å². The van der Waals surface area contributed by atoms with Crippen molar-refractivity contribution in [3.8, 4) is 66.8 Å². The molecule has 0 unspecified atom stereocenters. The van der Waals surface area contributed by atoms with Gasteiger partial charge in [-0.25, -0.2) is 0 Å². The first kappa shape index (κ1) is 43.3. The molecule has 0 N–H and O–H groups in total. The monoisotopic (exact) mass is 908 g/mol. The zero-order chi connectivity index (χ0) is 47.7. The Morgan fingerprint density at radius 3 is 1.24 bits per heavy atom. The molecule has 0 spiro atoms. The summed E-state index contributed by atoms with van der Waals surface area (Å²) in [5.74, 6) is 0. The molecule has 71 heavy (non-hydrogen) atoms. The molecule has 2 nitrogen and oxygen atoms in total. The first-order valence-electron chi connectivity index (χ1n) is 24.6. The van der Waals surface area contributed by atoms with Crippen LogP contribution in [0.3, 0.4) is 0 Å². The van der Waals surface area contributed by atoms with Crippen LogP contribution in [-0.4, -0.2) is 0 Å². The van der Waals surface area contributed by atoms with Crippen molar-refractivity contribution in [1.82, 2.24) is 0 Å². The lowest BCUT2D eigenvalue weighted by molar-refractivity contribution is 0.660. The van der Waals surface area contributed by atoms with Crippen molar-refractivity contribution in [1.29, 1.82) is 0 Å². The molecule has 0 aromatic heterocycles. The van der Waals surface area contributed by atoms with E-state index in [0.29, 0.717) is 0 Å². The minimum Gasteiger partial charge on any atom is -0.310 e. The SMILES string of the molecule is CC1(C)c2ccccc2-c2ccc(N(c3cc(-c4ccccc4-c4c(-c5ccccc5)cccc4-c4ccccc4)cc(N(c4ccccc4)c4ccccc4)c3)c3ccccc3-c3ccccc3)cc21. The number of hydrogen-bond donors (Lipinski definition) is 0. The smallest absolute Gasteiger partial charge is 0.0540 e. The van der Waals surface area contributed by atoms with Crippen molar-refractivity contribution in [2.75, 3.05) is 9.80 Å². The second-order valence-corrected chi connectivity index (χ2v) is 18.9. The van der Waals surface area contributed by atoms with Gasteiger partial charge in [0.05, 0.1) is 5.69 Å². The summed E-state index contributed by atoms with van der Waals surface area (Å²) in [6.45, 7) is 4.74. The molecule has 0 radical (unpaired) electrons. The highest BCUT2D eigenvalue weighted by Crippen LogP contribution is 2.53. The molecular weight excluding hydrogens is 857 g/mol. The summed E-state index contributed by atoms with van der Waals surface area (Å²) >= 11 is 0. The fourth-order valence-electron chi connectivity index (χ4n) is 10.9. The van der Waals surface area contributed by atoms with Gasteiger partial charge in [0.15, 0.2) is 0 Å². The highest BCUT2D eigenvalue weighted by Gasteiger charge is 2.36. The van der Waals surface area contributed by atoms with Gasteiger partial charge in [-0.3, -0.25) is 0 Å². The fraction of sp³-hybridized carbons (Fsp3) is 0.0435. The first-order chi connectivity index (χ1) is 35.0. The lowest BCUT2D eigenvalue weighted by atomic mass is 9.82. The summed E-state index contributed by atoms with van der Waals surface area (Å²) in [6, 6.07) is 102. The van der Waals surface area contributed by atoms with Crippen LogP contribution < -0.4 is 9.80 Å². The Balaban J connectivity index is 1.17. The molecule has 2 heteroatoms. The van der Waals surface area contributed by atoms with Crippen LogP contribution in [0.25, 0.3) is 66.8 Å². The van der Waals surface area contributed by atoms with Crippen LogP contribution in [0.5, 0.6) is 0 Å². The van der Waals surface area contributed by atoms with Gasteiger partial charge < -0.3 is 9.80 Å². The highest BCUT2D eigenvalue weighted by atomic mass is 15.2. The largest absolute Gasteiger partial charge is 0.310 e. The molecule has 0 heterocycles. The predicted octanol–water partition coefficient (Wildman–Crippen LogP) is 19.3. The van der Waals surface area contributed by atoms with E-state index in [1.165, 1.54) is 50.1 Å². The van der Waals surface area contributed by atoms with Crippen LogP contribution in [0.2, 0.25) is 0 Å². The van der Waals surface area contributed by atoms with E-state index in [1.807, 2.05) is 0 Å². The van der Waals surface area contributed by atoms with E-state index in [9.17, 15) is 0 Å². The zero-order valence-electron chi connectivity index (χ0n) is 40.0.